The maximum Gasteiger partial charge on any atom is 0.420 e. The minimum Gasteiger partial charge on any atom is -0.340 e. The second kappa shape index (κ2) is 16.8. The van der Waals surface area contributed by atoms with Gasteiger partial charge in [0, 0.05) is 23.4 Å². The number of carbonyl (C=O) groups excluding carboxylic acids is 5. The van der Waals surface area contributed by atoms with Gasteiger partial charge in [0.25, 0.3) is 11.8 Å². The molecule has 4 aromatic rings. The number of likely N-dealkylation sites (tertiary alicyclic amines) is 1. The molecule has 3 heterocycles. The van der Waals surface area contributed by atoms with Crippen molar-refractivity contribution in [3.05, 3.63) is 107 Å². The van der Waals surface area contributed by atoms with Gasteiger partial charge in [-0.05, 0) is 98.4 Å². The lowest BCUT2D eigenvalue weighted by Crippen LogP contribution is -2.55. The van der Waals surface area contributed by atoms with Crippen molar-refractivity contribution in [2.75, 3.05) is 21.7 Å². The first-order chi connectivity index (χ1) is 28.7. The zero-order chi connectivity index (χ0) is 44.6. The number of halogens is 4. The number of pyridine rings is 1. The molecule has 2 aliphatic rings. The van der Waals surface area contributed by atoms with Crippen molar-refractivity contribution < 1.29 is 41.5 Å². The van der Waals surface area contributed by atoms with E-state index >= 15 is 4.39 Å². The summed E-state index contributed by atoms with van der Waals surface area (Å²) in [5.74, 6) is -3.66. The fourth-order valence-electron chi connectivity index (χ4n) is 7.36. The molecule has 6 rings (SSSR count). The van der Waals surface area contributed by atoms with Crippen molar-refractivity contribution in [1.82, 2.24) is 15.2 Å². The number of carbonyl (C=O) groups is 5. The Balaban J connectivity index is 1.08. The van der Waals surface area contributed by atoms with Gasteiger partial charge in [-0.3, -0.25) is 29.1 Å². The first-order valence-corrected chi connectivity index (χ1v) is 19.6. The quantitative estimate of drug-likeness (QED) is 0.0957. The van der Waals surface area contributed by atoms with Gasteiger partial charge >= 0.3 is 6.18 Å². The molecule has 4 amide bonds. The SMILES string of the molecule is CC(C)(C)C(NC(=O)c1ccc(CC(=O)Nc2ccc(-c3ccc(N4C(=S)N(c5ccc(C#N)c(C(F)(F)F)c5F)C(=O)C4(C)C)cn3)cc2)cc1)C(=O)N1CCC[C@H]1C=O. The molecule has 17 heteroatoms. The Kier molecular flexibility index (Phi) is 12.2. The topological polar surface area (TPSA) is 156 Å². The van der Waals surface area contributed by atoms with Crippen LogP contribution in [0.4, 0.5) is 34.6 Å². The first-order valence-electron chi connectivity index (χ1n) is 19.2. The van der Waals surface area contributed by atoms with Gasteiger partial charge in [-0.15, -0.1) is 0 Å². The van der Waals surface area contributed by atoms with Crippen LogP contribution < -0.4 is 20.4 Å². The molecular weight excluding hydrogens is 815 g/mol. The molecule has 0 saturated carbocycles. The van der Waals surface area contributed by atoms with E-state index in [1.54, 1.807) is 60.7 Å². The molecule has 2 aliphatic heterocycles. The average molecular weight is 856 g/mol. The Morgan fingerprint density at radius 3 is 2.26 bits per heavy atom. The number of rotatable bonds is 10. The minimum absolute atomic E-state index is 0.00771. The van der Waals surface area contributed by atoms with Crippen molar-refractivity contribution >= 4 is 64.3 Å². The van der Waals surface area contributed by atoms with Crippen LogP contribution in [0, 0.1) is 22.6 Å². The standard InChI is InChI=1S/C44H41F4N7O5S/c1-42(2,3)37(39(59)53-20-6-7-31(53)24-56)52-38(58)27-10-8-25(9-11-27)21-34(57)51-29-15-12-26(13-16-29)32-18-17-30(23-50-32)55-41(61)54(40(60)43(55,4)5)33-19-14-28(22-49)35(36(33)45)44(46,47)48/h8-19,23-24,31,37H,6-7,20-21H2,1-5H3,(H,51,57)(H,52,58)/t31-,37?/m0/s1. The number of alkyl halides is 3. The lowest BCUT2D eigenvalue weighted by Gasteiger charge is -2.34. The van der Waals surface area contributed by atoms with Crippen LogP contribution in [0.25, 0.3) is 11.3 Å². The van der Waals surface area contributed by atoms with Crippen LogP contribution in [0.3, 0.4) is 0 Å². The summed E-state index contributed by atoms with van der Waals surface area (Å²) in [6.07, 6.45) is -1.70. The summed E-state index contributed by atoms with van der Waals surface area (Å²) in [6, 6.07) is 18.2. The average Bonchev–Trinajstić information content (AvgIpc) is 3.75. The fourth-order valence-corrected chi connectivity index (χ4v) is 7.88. The number of aromatic nitrogens is 1. The third-order valence-corrected chi connectivity index (χ3v) is 11.0. The molecule has 61 heavy (non-hydrogen) atoms. The summed E-state index contributed by atoms with van der Waals surface area (Å²) in [7, 11) is 0. The van der Waals surface area contributed by atoms with E-state index in [4.69, 9.17) is 17.5 Å². The summed E-state index contributed by atoms with van der Waals surface area (Å²) >= 11 is 5.52. The highest BCUT2D eigenvalue weighted by Crippen LogP contribution is 2.42. The molecule has 1 aromatic heterocycles. The van der Waals surface area contributed by atoms with E-state index in [1.165, 1.54) is 35.9 Å². The lowest BCUT2D eigenvalue weighted by atomic mass is 9.85. The number of nitrogens with zero attached hydrogens (tertiary/aromatic N) is 5. The maximum atomic E-state index is 15.4. The number of nitrogens with one attached hydrogen (secondary N) is 2. The van der Waals surface area contributed by atoms with Crippen molar-refractivity contribution in [3.8, 4) is 17.3 Å². The predicted molar refractivity (Wildman–Crippen MR) is 223 cm³/mol. The van der Waals surface area contributed by atoms with E-state index < -0.39 is 63.7 Å². The van der Waals surface area contributed by atoms with E-state index in [1.807, 2.05) is 20.8 Å². The van der Waals surface area contributed by atoms with Crippen LogP contribution in [0.2, 0.25) is 0 Å². The van der Waals surface area contributed by atoms with Crippen molar-refractivity contribution in [1.29, 1.82) is 5.26 Å². The summed E-state index contributed by atoms with van der Waals surface area (Å²) in [6.45, 7) is 8.95. The molecule has 2 saturated heterocycles. The normalized spacial score (nSPS) is 16.9. The summed E-state index contributed by atoms with van der Waals surface area (Å²) in [5, 5.41) is 14.6. The molecule has 0 aliphatic carbocycles. The number of amides is 4. The summed E-state index contributed by atoms with van der Waals surface area (Å²) in [5.41, 5.74) is -2.60. The third-order valence-electron chi connectivity index (χ3n) is 10.6. The van der Waals surface area contributed by atoms with Crippen LogP contribution in [0.15, 0.2) is 79.0 Å². The number of nitriles is 1. The van der Waals surface area contributed by atoms with Crippen LogP contribution in [0.5, 0.6) is 0 Å². The highest BCUT2D eigenvalue weighted by molar-refractivity contribution is 7.81. The number of anilines is 3. The number of benzene rings is 3. The van der Waals surface area contributed by atoms with Crippen LogP contribution in [0.1, 0.15) is 74.5 Å². The highest BCUT2D eigenvalue weighted by atomic mass is 32.1. The van der Waals surface area contributed by atoms with Gasteiger partial charge in [0.15, 0.2) is 10.9 Å². The first kappa shape index (κ1) is 44.0. The third kappa shape index (κ3) is 8.85. The van der Waals surface area contributed by atoms with Crippen molar-refractivity contribution in [2.24, 2.45) is 5.41 Å². The van der Waals surface area contributed by atoms with E-state index in [0.29, 0.717) is 51.6 Å². The second-order valence-electron chi connectivity index (χ2n) is 16.3. The Hall–Kier alpha value is -6.54. The van der Waals surface area contributed by atoms with Gasteiger partial charge in [0.1, 0.15) is 23.4 Å². The molecule has 3 aromatic carbocycles. The van der Waals surface area contributed by atoms with Crippen molar-refractivity contribution in [2.45, 2.75) is 77.7 Å². The van der Waals surface area contributed by atoms with Crippen LogP contribution in [-0.2, 0) is 31.8 Å². The number of hydrogen-bond donors (Lipinski definition) is 2. The van der Waals surface area contributed by atoms with Gasteiger partial charge in [-0.2, -0.15) is 18.4 Å². The molecule has 0 spiro atoms. The molecule has 316 valence electrons. The van der Waals surface area contributed by atoms with Gasteiger partial charge < -0.3 is 25.2 Å². The predicted octanol–water partition coefficient (Wildman–Crippen LogP) is 7.21. The summed E-state index contributed by atoms with van der Waals surface area (Å²) < 4.78 is 56.6. The number of thiocarbonyl (C=S) groups is 1. The molecular formula is C44H41F4N7O5S. The Labute approximate surface area is 354 Å². The van der Waals surface area contributed by atoms with Gasteiger partial charge in [-0.25, -0.2) is 4.39 Å². The second-order valence-corrected chi connectivity index (χ2v) is 16.7. The zero-order valence-electron chi connectivity index (χ0n) is 33.8. The molecule has 2 N–H and O–H groups in total. The Morgan fingerprint density at radius 1 is 1.02 bits per heavy atom. The van der Waals surface area contributed by atoms with Gasteiger partial charge in [-0.1, -0.05) is 45.0 Å². The molecule has 0 bridgehead atoms. The lowest BCUT2D eigenvalue weighted by molar-refractivity contribution is -0.140. The molecule has 1 unspecified atom stereocenters. The fraction of sp³-hybridized carbons (Fsp3) is 0.318. The minimum atomic E-state index is -5.20. The van der Waals surface area contributed by atoms with Gasteiger partial charge in [0.2, 0.25) is 11.8 Å². The van der Waals surface area contributed by atoms with E-state index in [0.717, 1.165) is 24.8 Å². The largest absolute Gasteiger partial charge is 0.420 e. The van der Waals surface area contributed by atoms with E-state index in [-0.39, 0.29) is 23.3 Å². The zero-order valence-corrected chi connectivity index (χ0v) is 34.6. The van der Waals surface area contributed by atoms with Crippen LogP contribution in [-0.4, -0.2) is 69.1 Å². The molecule has 12 nitrogen and oxygen atoms in total. The van der Waals surface area contributed by atoms with Gasteiger partial charge in [0.05, 0.1) is 47.4 Å². The van der Waals surface area contributed by atoms with E-state index in [9.17, 15) is 37.1 Å². The monoisotopic (exact) mass is 855 g/mol. The molecule has 0 radical (unpaired) electrons. The highest BCUT2D eigenvalue weighted by Gasteiger charge is 2.52. The molecule has 2 fully saturated rings. The van der Waals surface area contributed by atoms with Crippen LogP contribution >= 0.6 is 12.2 Å². The van der Waals surface area contributed by atoms with E-state index in [2.05, 4.69) is 15.6 Å². The summed E-state index contributed by atoms with van der Waals surface area (Å²) in [4.78, 5) is 72.7. The smallest absolute Gasteiger partial charge is 0.340 e. The maximum absolute atomic E-state index is 15.4. The Morgan fingerprint density at radius 2 is 1.69 bits per heavy atom. The number of hydrogen-bond acceptors (Lipinski definition) is 8. The number of aldehydes is 1. The molecule has 2 atom stereocenters. The van der Waals surface area contributed by atoms with Crippen molar-refractivity contribution in [3.63, 3.8) is 0 Å². The Bertz CT molecular complexity index is 2440.